The maximum absolute atomic E-state index is 12.3. The van der Waals surface area contributed by atoms with Crippen LogP contribution in [0.15, 0.2) is 17.3 Å². The van der Waals surface area contributed by atoms with Crippen LogP contribution < -0.4 is 5.73 Å². The third-order valence-electron chi connectivity index (χ3n) is 2.94. The van der Waals surface area contributed by atoms with Crippen LogP contribution in [0.5, 0.6) is 0 Å². The Morgan fingerprint density at radius 2 is 2.17 bits per heavy atom. The molecule has 0 aliphatic carbocycles. The summed E-state index contributed by atoms with van der Waals surface area (Å²) in [7, 11) is -1.89. The molecule has 2 rings (SSSR count). The Balaban J connectivity index is 2.15. The summed E-state index contributed by atoms with van der Waals surface area (Å²) in [5, 5.41) is 0. The largest absolute Gasteiger partial charge is 0.384 e. The molecule has 7 nitrogen and oxygen atoms in total. The molecule has 0 saturated carbocycles. The Morgan fingerprint density at radius 1 is 1.50 bits per heavy atom. The molecule has 1 unspecified atom stereocenters. The van der Waals surface area contributed by atoms with Gasteiger partial charge in [-0.1, -0.05) is 0 Å². The van der Waals surface area contributed by atoms with Gasteiger partial charge in [0.15, 0.2) is 0 Å². The van der Waals surface area contributed by atoms with Gasteiger partial charge in [0.1, 0.15) is 4.90 Å². The van der Waals surface area contributed by atoms with E-state index in [0.717, 1.165) is 6.42 Å². The van der Waals surface area contributed by atoms with Crippen molar-refractivity contribution >= 4 is 16.0 Å². The summed E-state index contributed by atoms with van der Waals surface area (Å²) in [5.74, 6) is 0.312. The lowest BCUT2D eigenvalue weighted by Crippen LogP contribution is -2.29. The number of nitrogens with zero attached hydrogens (tertiary/aromatic N) is 3. The fraction of sp³-hybridized carbons (Fsp3) is 0.600. The van der Waals surface area contributed by atoms with E-state index >= 15 is 0 Å². The van der Waals surface area contributed by atoms with E-state index in [-0.39, 0.29) is 16.8 Å². The number of anilines is 1. The van der Waals surface area contributed by atoms with E-state index in [1.807, 2.05) is 0 Å². The normalized spacial score (nSPS) is 21.3. The lowest BCUT2D eigenvalue weighted by atomic mass is 10.1. The van der Waals surface area contributed by atoms with E-state index in [9.17, 15) is 8.42 Å². The van der Waals surface area contributed by atoms with Crippen molar-refractivity contribution < 1.29 is 13.2 Å². The van der Waals surface area contributed by atoms with Gasteiger partial charge in [-0.05, 0) is 12.3 Å². The lowest BCUT2D eigenvalue weighted by Gasteiger charge is -2.15. The number of aromatic nitrogens is 2. The number of nitrogens with two attached hydrogens (primary N) is 1. The summed E-state index contributed by atoms with van der Waals surface area (Å²) in [6, 6.07) is 0. The van der Waals surface area contributed by atoms with E-state index in [1.54, 1.807) is 7.11 Å². The third kappa shape index (κ3) is 2.60. The first kappa shape index (κ1) is 13.2. The predicted molar refractivity (Wildman–Crippen MR) is 65.2 cm³/mol. The maximum Gasteiger partial charge on any atom is 0.246 e. The van der Waals surface area contributed by atoms with E-state index in [4.69, 9.17) is 10.5 Å². The highest BCUT2D eigenvalue weighted by Crippen LogP contribution is 2.23. The zero-order chi connectivity index (χ0) is 13.2. The molecule has 18 heavy (non-hydrogen) atoms. The van der Waals surface area contributed by atoms with Crippen LogP contribution in [0.4, 0.5) is 5.95 Å². The van der Waals surface area contributed by atoms with Gasteiger partial charge in [-0.25, -0.2) is 18.4 Å². The average molecular weight is 272 g/mol. The molecule has 1 saturated heterocycles. The van der Waals surface area contributed by atoms with Gasteiger partial charge in [-0.15, -0.1) is 0 Å². The van der Waals surface area contributed by atoms with Gasteiger partial charge in [-0.3, -0.25) is 0 Å². The van der Waals surface area contributed by atoms with Gasteiger partial charge in [0.25, 0.3) is 0 Å². The molecule has 1 fully saturated rings. The van der Waals surface area contributed by atoms with Crippen molar-refractivity contribution in [2.45, 2.75) is 11.3 Å². The Kier molecular flexibility index (Phi) is 3.79. The van der Waals surface area contributed by atoms with Crippen LogP contribution in [0.1, 0.15) is 6.42 Å². The molecule has 1 aliphatic rings. The van der Waals surface area contributed by atoms with Crippen LogP contribution >= 0.6 is 0 Å². The molecule has 1 aromatic rings. The van der Waals surface area contributed by atoms with Crippen molar-refractivity contribution in [1.82, 2.24) is 14.3 Å². The first-order valence-corrected chi connectivity index (χ1v) is 7.04. The monoisotopic (exact) mass is 272 g/mol. The van der Waals surface area contributed by atoms with Crippen molar-refractivity contribution in [3.8, 4) is 0 Å². The lowest BCUT2D eigenvalue weighted by molar-refractivity contribution is 0.157. The minimum absolute atomic E-state index is 0.0626. The van der Waals surface area contributed by atoms with Crippen LogP contribution in [-0.4, -0.2) is 49.5 Å². The number of hydrogen-bond acceptors (Lipinski definition) is 6. The molecule has 0 spiro atoms. The fourth-order valence-corrected chi connectivity index (χ4v) is 3.42. The summed E-state index contributed by atoms with van der Waals surface area (Å²) < 4.78 is 31.0. The van der Waals surface area contributed by atoms with Crippen LogP contribution in [0.3, 0.4) is 0 Å². The van der Waals surface area contributed by atoms with E-state index in [0.29, 0.717) is 19.7 Å². The molecule has 1 aromatic heterocycles. The molecule has 0 radical (unpaired) electrons. The van der Waals surface area contributed by atoms with Gasteiger partial charge in [0.05, 0.1) is 19.0 Å². The number of sulfonamides is 1. The van der Waals surface area contributed by atoms with Crippen molar-refractivity contribution in [1.29, 1.82) is 0 Å². The Morgan fingerprint density at radius 3 is 2.78 bits per heavy atom. The van der Waals surface area contributed by atoms with Crippen molar-refractivity contribution in [2.24, 2.45) is 5.92 Å². The van der Waals surface area contributed by atoms with E-state index in [1.165, 1.54) is 16.7 Å². The standard InChI is InChI=1S/C10H16N4O3S/c1-17-7-8-2-3-14(6-8)18(15,16)9-4-12-10(11)13-5-9/h4-5,8H,2-3,6-7H2,1H3,(H2,11,12,13). The quantitative estimate of drug-likeness (QED) is 0.809. The number of ether oxygens (including phenoxy) is 1. The first-order chi connectivity index (χ1) is 8.54. The smallest absolute Gasteiger partial charge is 0.246 e. The second-order valence-electron chi connectivity index (χ2n) is 4.25. The second-order valence-corrected chi connectivity index (χ2v) is 6.19. The van der Waals surface area contributed by atoms with E-state index in [2.05, 4.69) is 9.97 Å². The molecule has 0 bridgehead atoms. The second kappa shape index (κ2) is 5.17. The predicted octanol–water partition coefficient (Wildman–Crippen LogP) is -0.284. The molecule has 8 heteroatoms. The highest BCUT2D eigenvalue weighted by molar-refractivity contribution is 7.89. The zero-order valence-electron chi connectivity index (χ0n) is 10.1. The average Bonchev–Trinajstić information content (AvgIpc) is 2.79. The molecular weight excluding hydrogens is 256 g/mol. The van der Waals surface area contributed by atoms with Crippen molar-refractivity contribution in [3.63, 3.8) is 0 Å². The molecule has 2 N–H and O–H groups in total. The molecule has 0 aromatic carbocycles. The zero-order valence-corrected chi connectivity index (χ0v) is 10.9. The summed E-state index contributed by atoms with van der Waals surface area (Å²) >= 11 is 0. The van der Waals surface area contributed by atoms with Gasteiger partial charge in [0.2, 0.25) is 16.0 Å². The molecule has 1 atom stereocenters. The van der Waals surface area contributed by atoms with Crippen LogP contribution in [0.2, 0.25) is 0 Å². The Bertz CT molecular complexity index is 502. The minimum Gasteiger partial charge on any atom is -0.384 e. The first-order valence-electron chi connectivity index (χ1n) is 5.60. The van der Waals surface area contributed by atoms with Crippen LogP contribution in [0.25, 0.3) is 0 Å². The number of hydrogen-bond donors (Lipinski definition) is 1. The van der Waals surface area contributed by atoms with Gasteiger partial charge >= 0.3 is 0 Å². The van der Waals surface area contributed by atoms with Crippen molar-refractivity contribution in [3.05, 3.63) is 12.4 Å². The fourth-order valence-electron chi connectivity index (χ4n) is 2.00. The van der Waals surface area contributed by atoms with Gasteiger partial charge in [-0.2, -0.15) is 4.31 Å². The maximum atomic E-state index is 12.3. The topological polar surface area (TPSA) is 98.4 Å². The Hall–Kier alpha value is -1.25. The summed E-state index contributed by atoms with van der Waals surface area (Å²) in [5.41, 5.74) is 5.34. The van der Waals surface area contributed by atoms with Crippen molar-refractivity contribution in [2.75, 3.05) is 32.5 Å². The highest BCUT2D eigenvalue weighted by Gasteiger charge is 2.32. The number of nitrogen functional groups attached to an aromatic ring is 1. The van der Waals surface area contributed by atoms with Gasteiger partial charge < -0.3 is 10.5 Å². The molecule has 0 amide bonds. The minimum atomic E-state index is -3.51. The third-order valence-corrected chi connectivity index (χ3v) is 4.75. The summed E-state index contributed by atoms with van der Waals surface area (Å²) in [6.45, 7) is 1.55. The Labute approximate surface area is 106 Å². The molecule has 2 heterocycles. The number of rotatable bonds is 4. The van der Waals surface area contributed by atoms with E-state index < -0.39 is 10.0 Å². The van der Waals surface area contributed by atoms with Crippen LogP contribution in [0, 0.1) is 5.92 Å². The SMILES string of the molecule is COCC1CCN(S(=O)(=O)c2cnc(N)nc2)C1. The molecule has 1 aliphatic heterocycles. The van der Waals surface area contributed by atoms with Gasteiger partial charge in [0, 0.05) is 20.2 Å². The molecular formula is C10H16N4O3S. The summed E-state index contributed by atoms with van der Waals surface area (Å²) in [4.78, 5) is 7.50. The highest BCUT2D eigenvalue weighted by atomic mass is 32.2. The number of methoxy groups -OCH3 is 1. The molecule has 100 valence electrons. The van der Waals surface area contributed by atoms with Crippen LogP contribution in [-0.2, 0) is 14.8 Å². The summed E-state index contributed by atoms with van der Waals surface area (Å²) in [6.07, 6.45) is 3.28.